The van der Waals surface area contributed by atoms with Crippen LogP contribution in [0.15, 0.2) is 42.5 Å². The maximum absolute atomic E-state index is 5.43. The van der Waals surface area contributed by atoms with Gasteiger partial charge in [-0.25, -0.2) is 0 Å². The van der Waals surface area contributed by atoms with Crippen molar-refractivity contribution in [2.75, 3.05) is 23.8 Å². The number of nitrogens with zero attached hydrogens (tertiary/aromatic N) is 1. The SMILES string of the molecule is C#Cc1cccc(NCc2ccc3c(c2)CCCN3C)c1. The van der Waals surface area contributed by atoms with Crippen LogP contribution in [0.4, 0.5) is 11.4 Å². The summed E-state index contributed by atoms with van der Waals surface area (Å²) in [5.74, 6) is 2.67. The fraction of sp³-hybridized carbons (Fsp3) is 0.263. The molecular weight excluding hydrogens is 256 g/mol. The lowest BCUT2D eigenvalue weighted by Gasteiger charge is -2.27. The number of hydrogen-bond donors (Lipinski definition) is 1. The van der Waals surface area contributed by atoms with Crippen molar-refractivity contribution >= 4 is 11.4 Å². The molecule has 2 nitrogen and oxygen atoms in total. The molecule has 0 aliphatic carbocycles. The van der Waals surface area contributed by atoms with E-state index in [1.54, 1.807) is 0 Å². The molecule has 2 aromatic carbocycles. The van der Waals surface area contributed by atoms with Gasteiger partial charge in [-0.15, -0.1) is 6.42 Å². The molecule has 0 aromatic heterocycles. The van der Waals surface area contributed by atoms with E-state index in [0.29, 0.717) is 0 Å². The van der Waals surface area contributed by atoms with Crippen molar-refractivity contribution in [1.29, 1.82) is 0 Å². The minimum absolute atomic E-state index is 0.824. The normalized spacial score (nSPS) is 13.4. The second kappa shape index (κ2) is 5.93. The molecule has 1 heterocycles. The summed E-state index contributed by atoms with van der Waals surface area (Å²) in [6, 6.07) is 14.8. The van der Waals surface area contributed by atoms with E-state index in [1.807, 2.05) is 24.3 Å². The van der Waals surface area contributed by atoms with E-state index in [-0.39, 0.29) is 0 Å². The zero-order chi connectivity index (χ0) is 14.7. The first-order valence-corrected chi connectivity index (χ1v) is 7.40. The lowest BCUT2D eigenvalue weighted by Crippen LogP contribution is -2.24. The summed E-state index contributed by atoms with van der Waals surface area (Å²) in [6.45, 7) is 1.98. The van der Waals surface area contributed by atoms with Crippen molar-refractivity contribution in [3.8, 4) is 12.3 Å². The van der Waals surface area contributed by atoms with Gasteiger partial charge in [0.15, 0.2) is 0 Å². The van der Waals surface area contributed by atoms with Crippen LogP contribution in [0.25, 0.3) is 0 Å². The number of benzene rings is 2. The standard InChI is InChI=1S/C19H20N2/c1-3-15-6-4-8-18(13-15)20-14-16-9-10-19-17(12-16)7-5-11-21(19)2/h1,4,6,8-10,12-13,20H,5,7,11,14H2,2H3. The highest BCUT2D eigenvalue weighted by Gasteiger charge is 2.13. The topological polar surface area (TPSA) is 15.3 Å². The molecule has 0 unspecified atom stereocenters. The van der Waals surface area contributed by atoms with Crippen LogP contribution in [0, 0.1) is 12.3 Å². The second-order valence-corrected chi connectivity index (χ2v) is 5.57. The monoisotopic (exact) mass is 276 g/mol. The molecule has 1 aliphatic heterocycles. The smallest absolute Gasteiger partial charge is 0.0400 e. The predicted octanol–water partition coefficient (Wildman–Crippen LogP) is 3.66. The molecule has 0 fully saturated rings. The maximum atomic E-state index is 5.43. The molecule has 0 saturated carbocycles. The van der Waals surface area contributed by atoms with Crippen molar-refractivity contribution in [1.82, 2.24) is 0 Å². The van der Waals surface area contributed by atoms with Crippen LogP contribution in [0.2, 0.25) is 0 Å². The summed E-state index contributed by atoms with van der Waals surface area (Å²) in [6.07, 6.45) is 7.85. The van der Waals surface area contributed by atoms with Gasteiger partial charge in [0.2, 0.25) is 0 Å². The molecule has 3 rings (SSSR count). The Hall–Kier alpha value is -2.40. The fourth-order valence-electron chi connectivity index (χ4n) is 2.87. The minimum atomic E-state index is 0.824. The summed E-state index contributed by atoms with van der Waals surface area (Å²) in [7, 11) is 2.17. The number of terminal acetylenes is 1. The average Bonchev–Trinajstić information content (AvgIpc) is 2.53. The molecular formula is C19H20N2. The average molecular weight is 276 g/mol. The third kappa shape index (κ3) is 3.03. The van der Waals surface area contributed by atoms with Crippen molar-refractivity contribution in [2.24, 2.45) is 0 Å². The van der Waals surface area contributed by atoms with Gasteiger partial charge >= 0.3 is 0 Å². The van der Waals surface area contributed by atoms with E-state index in [9.17, 15) is 0 Å². The quantitative estimate of drug-likeness (QED) is 0.861. The number of hydrogen-bond acceptors (Lipinski definition) is 2. The van der Waals surface area contributed by atoms with Gasteiger partial charge in [-0.1, -0.05) is 24.1 Å². The van der Waals surface area contributed by atoms with E-state index < -0.39 is 0 Å². The van der Waals surface area contributed by atoms with E-state index in [0.717, 1.165) is 24.3 Å². The molecule has 2 aromatic rings. The molecule has 21 heavy (non-hydrogen) atoms. The van der Waals surface area contributed by atoms with Gasteiger partial charge in [0.1, 0.15) is 0 Å². The highest BCUT2D eigenvalue weighted by atomic mass is 15.1. The number of fused-ring (bicyclic) bond motifs is 1. The largest absolute Gasteiger partial charge is 0.381 e. The Morgan fingerprint density at radius 2 is 2.14 bits per heavy atom. The molecule has 0 amide bonds. The molecule has 2 heteroatoms. The van der Waals surface area contributed by atoms with E-state index in [1.165, 1.54) is 29.7 Å². The van der Waals surface area contributed by atoms with Gasteiger partial charge < -0.3 is 10.2 Å². The van der Waals surface area contributed by atoms with E-state index in [4.69, 9.17) is 6.42 Å². The number of rotatable bonds is 3. The van der Waals surface area contributed by atoms with Gasteiger partial charge in [-0.05, 0) is 48.2 Å². The summed E-state index contributed by atoms with van der Waals surface area (Å²) in [4.78, 5) is 2.34. The minimum Gasteiger partial charge on any atom is -0.381 e. The van der Waals surface area contributed by atoms with Crippen molar-refractivity contribution < 1.29 is 0 Å². The molecule has 0 atom stereocenters. The maximum Gasteiger partial charge on any atom is 0.0400 e. The molecule has 1 aliphatic rings. The summed E-state index contributed by atoms with van der Waals surface area (Å²) < 4.78 is 0. The lowest BCUT2D eigenvalue weighted by molar-refractivity contribution is 0.743. The Balaban J connectivity index is 1.72. The Morgan fingerprint density at radius 1 is 1.24 bits per heavy atom. The van der Waals surface area contributed by atoms with Crippen LogP contribution >= 0.6 is 0 Å². The predicted molar refractivity (Wildman–Crippen MR) is 89.7 cm³/mol. The van der Waals surface area contributed by atoms with Crippen LogP contribution < -0.4 is 10.2 Å². The first kappa shape index (κ1) is 13.6. The second-order valence-electron chi connectivity index (χ2n) is 5.57. The van der Waals surface area contributed by atoms with Crippen molar-refractivity contribution in [2.45, 2.75) is 19.4 Å². The highest BCUT2D eigenvalue weighted by Crippen LogP contribution is 2.27. The third-order valence-corrected chi connectivity index (χ3v) is 4.02. The molecule has 0 spiro atoms. The van der Waals surface area contributed by atoms with Crippen LogP contribution in [-0.2, 0) is 13.0 Å². The van der Waals surface area contributed by atoms with Gasteiger partial charge in [-0.2, -0.15) is 0 Å². The molecule has 106 valence electrons. The van der Waals surface area contributed by atoms with Gasteiger partial charge in [0, 0.05) is 37.1 Å². The summed E-state index contributed by atoms with van der Waals surface area (Å²) >= 11 is 0. The Morgan fingerprint density at radius 3 is 3.00 bits per heavy atom. The number of aryl methyl sites for hydroxylation is 1. The Labute approximate surface area is 126 Å². The van der Waals surface area contributed by atoms with Crippen molar-refractivity contribution in [3.63, 3.8) is 0 Å². The summed E-state index contributed by atoms with van der Waals surface area (Å²) in [5, 5.41) is 3.44. The third-order valence-electron chi connectivity index (χ3n) is 4.02. The molecule has 0 radical (unpaired) electrons. The van der Waals surface area contributed by atoms with E-state index >= 15 is 0 Å². The number of nitrogens with one attached hydrogen (secondary N) is 1. The Bertz CT molecular complexity index is 682. The zero-order valence-corrected chi connectivity index (χ0v) is 12.4. The number of anilines is 2. The van der Waals surface area contributed by atoms with Gasteiger partial charge in [0.05, 0.1) is 0 Å². The zero-order valence-electron chi connectivity index (χ0n) is 12.4. The molecule has 0 saturated heterocycles. The van der Waals surface area contributed by atoms with Crippen molar-refractivity contribution in [3.05, 3.63) is 59.2 Å². The van der Waals surface area contributed by atoms with E-state index in [2.05, 4.69) is 41.4 Å². The molecule has 1 N–H and O–H groups in total. The highest BCUT2D eigenvalue weighted by molar-refractivity contribution is 5.57. The lowest BCUT2D eigenvalue weighted by atomic mass is 9.99. The van der Waals surface area contributed by atoms with Gasteiger partial charge in [-0.3, -0.25) is 0 Å². The first-order valence-electron chi connectivity index (χ1n) is 7.40. The van der Waals surface area contributed by atoms with Crippen LogP contribution in [0.5, 0.6) is 0 Å². The molecule has 0 bridgehead atoms. The summed E-state index contributed by atoms with van der Waals surface area (Å²) in [5.41, 5.74) is 6.13. The van der Waals surface area contributed by atoms with Gasteiger partial charge in [0.25, 0.3) is 0 Å². The fourth-order valence-corrected chi connectivity index (χ4v) is 2.87. The first-order chi connectivity index (χ1) is 10.3. The van der Waals surface area contributed by atoms with Crippen LogP contribution in [0.3, 0.4) is 0 Å². The Kier molecular flexibility index (Phi) is 3.83. The van der Waals surface area contributed by atoms with Crippen LogP contribution in [0.1, 0.15) is 23.1 Å². The van der Waals surface area contributed by atoms with Crippen LogP contribution in [-0.4, -0.2) is 13.6 Å².